The highest BCUT2D eigenvalue weighted by Gasteiger charge is 2.30. The predicted molar refractivity (Wildman–Crippen MR) is 77.9 cm³/mol. The van der Waals surface area contributed by atoms with Gasteiger partial charge in [-0.2, -0.15) is 0 Å². The lowest BCUT2D eigenvalue weighted by Gasteiger charge is -2.13. The number of carboxylic acid groups (broad SMARTS) is 2. The Hall–Kier alpha value is -2.13. The molecule has 0 bridgehead atoms. The summed E-state index contributed by atoms with van der Waals surface area (Å²) >= 11 is 1.20. The molecule has 2 aliphatic heterocycles. The van der Waals surface area contributed by atoms with Gasteiger partial charge in [-0.05, 0) is 0 Å². The molecule has 1 atom stereocenters. The summed E-state index contributed by atoms with van der Waals surface area (Å²) in [5, 5.41) is 17.8. The van der Waals surface area contributed by atoms with Crippen molar-refractivity contribution in [2.45, 2.75) is 18.4 Å². The van der Waals surface area contributed by atoms with E-state index in [1.807, 2.05) is 4.57 Å². The Balaban J connectivity index is 1.94. The average molecular weight is 323 g/mol. The molecule has 3 heterocycles. The molecule has 2 aliphatic rings. The largest absolute Gasteiger partial charge is 0.478 e. The van der Waals surface area contributed by atoms with Crippen LogP contribution in [-0.4, -0.2) is 49.8 Å². The molecular formula is C13H13N3O5S. The van der Waals surface area contributed by atoms with Crippen LogP contribution in [0.4, 0.5) is 0 Å². The Morgan fingerprint density at radius 3 is 2.86 bits per heavy atom. The van der Waals surface area contributed by atoms with Gasteiger partial charge in [-0.3, -0.25) is 4.99 Å². The van der Waals surface area contributed by atoms with E-state index in [2.05, 4.69) is 9.98 Å². The van der Waals surface area contributed by atoms with Gasteiger partial charge in [0, 0.05) is 24.7 Å². The third-order valence-electron chi connectivity index (χ3n) is 3.38. The zero-order chi connectivity index (χ0) is 15.7. The van der Waals surface area contributed by atoms with Gasteiger partial charge in [-0.15, -0.1) is 11.8 Å². The maximum Gasteiger partial charge on any atom is 0.351 e. The van der Waals surface area contributed by atoms with Crippen molar-refractivity contribution >= 4 is 29.4 Å². The van der Waals surface area contributed by atoms with Crippen molar-refractivity contribution in [3.8, 4) is 0 Å². The Morgan fingerprint density at radius 2 is 2.18 bits per heavy atom. The van der Waals surface area contributed by atoms with Crippen molar-refractivity contribution in [1.82, 2.24) is 9.55 Å². The molecule has 0 aromatic carbocycles. The standard InChI is InChI=1S/C13H13N3O5S/c17-12(18)7-3-14-9(13(19)20)6-22-11(7)8-4-16-1-2-21-5-10(16)15-8/h3-4,11H,1-2,5-6H2,(H,17,18)(H,19,20)/t11-/m1/s1. The molecule has 0 radical (unpaired) electrons. The summed E-state index contributed by atoms with van der Waals surface area (Å²) in [7, 11) is 0. The topological polar surface area (TPSA) is 114 Å². The molecule has 116 valence electrons. The van der Waals surface area contributed by atoms with Gasteiger partial charge in [0.15, 0.2) is 0 Å². The van der Waals surface area contributed by atoms with Crippen LogP contribution in [-0.2, 0) is 27.5 Å². The second kappa shape index (κ2) is 5.93. The van der Waals surface area contributed by atoms with E-state index in [0.29, 0.717) is 25.5 Å². The number of imidazole rings is 1. The Bertz CT molecular complexity index is 670. The van der Waals surface area contributed by atoms with Crippen molar-refractivity contribution in [3.05, 3.63) is 29.5 Å². The van der Waals surface area contributed by atoms with E-state index in [-0.39, 0.29) is 17.0 Å². The summed E-state index contributed by atoms with van der Waals surface area (Å²) in [5.74, 6) is -1.41. The summed E-state index contributed by atoms with van der Waals surface area (Å²) in [5.41, 5.74) is 0.539. The molecule has 1 aromatic heterocycles. The van der Waals surface area contributed by atoms with E-state index in [4.69, 9.17) is 9.84 Å². The van der Waals surface area contributed by atoms with Gasteiger partial charge in [0.1, 0.15) is 18.1 Å². The maximum absolute atomic E-state index is 11.5. The SMILES string of the molecule is O=C(O)C1=CN=C(C(=O)O)CS[C@H]1c1cn2c(n1)COCC2. The molecule has 0 aliphatic carbocycles. The first-order valence-electron chi connectivity index (χ1n) is 6.55. The Labute approximate surface area is 129 Å². The minimum Gasteiger partial charge on any atom is -0.478 e. The van der Waals surface area contributed by atoms with E-state index >= 15 is 0 Å². The van der Waals surface area contributed by atoms with Gasteiger partial charge in [0.05, 0.1) is 23.1 Å². The summed E-state index contributed by atoms with van der Waals surface area (Å²) in [6, 6.07) is 0. The number of carboxylic acids is 2. The molecule has 22 heavy (non-hydrogen) atoms. The van der Waals surface area contributed by atoms with Crippen LogP contribution >= 0.6 is 11.8 Å². The number of nitrogens with zero attached hydrogens (tertiary/aromatic N) is 3. The van der Waals surface area contributed by atoms with Gasteiger partial charge in [-0.1, -0.05) is 0 Å². The van der Waals surface area contributed by atoms with Crippen molar-refractivity contribution in [2.75, 3.05) is 12.4 Å². The van der Waals surface area contributed by atoms with Crippen molar-refractivity contribution in [2.24, 2.45) is 4.99 Å². The first-order chi connectivity index (χ1) is 10.6. The van der Waals surface area contributed by atoms with Crippen LogP contribution in [0.15, 0.2) is 23.0 Å². The third kappa shape index (κ3) is 2.77. The van der Waals surface area contributed by atoms with Crippen molar-refractivity contribution < 1.29 is 24.5 Å². The van der Waals surface area contributed by atoms with Crippen LogP contribution in [0.2, 0.25) is 0 Å². The molecule has 8 nitrogen and oxygen atoms in total. The molecule has 9 heteroatoms. The van der Waals surface area contributed by atoms with Crippen LogP contribution in [0.5, 0.6) is 0 Å². The Morgan fingerprint density at radius 1 is 1.36 bits per heavy atom. The van der Waals surface area contributed by atoms with Gasteiger partial charge in [-0.25, -0.2) is 14.6 Å². The monoisotopic (exact) mass is 323 g/mol. The molecule has 1 aromatic rings. The fraction of sp³-hybridized carbons (Fsp3) is 0.385. The number of fused-ring (bicyclic) bond motifs is 1. The number of hydrogen-bond acceptors (Lipinski definition) is 6. The number of hydrogen-bond donors (Lipinski definition) is 2. The fourth-order valence-electron chi connectivity index (χ4n) is 2.27. The van der Waals surface area contributed by atoms with Crippen LogP contribution in [0.1, 0.15) is 16.8 Å². The molecule has 0 saturated carbocycles. The maximum atomic E-state index is 11.5. The first kappa shape index (κ1) is 14.8. The molecule has 2 N–H and O–H groups in total. The molecule has 0 saturated heterocycles. The quantitative estimate of drug-likeness (QED) is 0.841. The van der Waals surface area contributed by atoms with E-state index in [1.165, 1.54) is 11.8 Å². The van der Waals surface area contributed by atoms with E-state index in [1.54, 1.807) is 6.20 Å². The third-order valence-corrected chi connectivity index (χ3v) is 4.65. The van der Waals surface area contributed by atoms with E-state index in [9.17, 15) is 14.7 Å². The number of aromatic nitrogens is 2. The van der Waals surface area contributed by atoms with Crippen molar-refractivity contribution in [1.29, 1.82) is 0 Å². The number of thioether (sulfide) groups is 1. The molecule has 0 spiro atoms. The first-order valence-corrected chi connectivity index (χ1v) is 7.59. The van der Waals surface area contributed by atoms with Crippen LogP contribution in [0.25, 0.3) is 0 Å². The van der Waals surface area contributed by atoms with Gasteiger partial charge in [0.2, 0.25) is 0 Å². The van der Waals surface area contributed by atoms with Crippen molar-refractivity contribution in [3.63, 3.8) is 0 Å². The molecule has 0 fully saturated rings. The van der Waals surface area contributed by atoms with Gasteiger partial charge < -0.3 is 19.5 Å². The number of aliphatic imine (C=N–C) groups is 1. The van der Waals surface area contributed by atoms with Gasteiger partial charge in [0.25, 0.3) is 0 Å². The summed E-state index contributed by atoms with van der Waals surface area (Å²) in [4.78, 5) is 30.7. The fourth-order valence-corrected chi connectivity index (χ4v) is 3.42. The number of rotatable bonds is 3. The lowest BCUT2D eigenvalue weighted by atomic mass is 10.1. The van der Waals surface area contributed by atoms with Crippen LogP contribution < -0.4 is 0 Å². The normalized spacial score (nSPS) is 21.4. The van der Waals surface area contributed by atoms with Crippen LogP contribution in [0, 0.1) is 0 Å². The Kier molecular flexibility index (Phi) is 3.99. The lowest BCUT2D eigenvalue weighted by molar-refractivity contribution is -0.133. The number of aliphatic carboxylic acids is 2. The smallest absolute Gasteiger partial charge is 0.351 e. The highest BCUT2D eigenvalue weighted by atomic mass is 32.2. The summed E-state index contributed by atoms with van der Waals surface area (Å²) < 4.78 is 7.26. The van der Waals surface area contributed by atoms with E-state index < -0.39 is 17.2 Å². The predicted octanol–water partition coefficient (Wildman–Crippen LogP) is 0.695. The summed E-state index contributed by atoms with van der Waals surface area (Å²) in [6.45, 7) is 1.65. The number of carbonyl (C=O) groups is 2. The molecule has 0 amide bonds. The molecule has 0 unspecified atom stereocenters. The minimum atomic E-state index is -1.15. The highest BCUT2D eigenvalue weighted by molar-refractivity contribution is 8.00. The minimum absolute atomic E-state index is 0.0256. The molecular weight excluding hydrogens is 310 g/mol. The van der Waals surface area contributed by atoms with Gasteiger partial charge >= 0.3 is 11.9 Å². The molecule has 3 rings (SSSR count). The zero-order valence-corrected chi connectivity index (χ0v) is 12.2. The average Bonchev–Trinajstić information content (AvgIpc) is 2.77. The summed E-state index contributed by atoms with van der Waals surface area (Å²) in [6.07, 6.45) is 2.92. The lowest BCUT2D eigenvalue weighted by Crippen LogP contribution is -2.15. The zero-order valence-electron chi connectivity index (χ0n) is 11.4. The second-order valence-corrected chi connectivity index (χ2v) is 5.88. The second-order valence-electron chi connectivity index (χ2n) is 4.79. The highest BCUT2D eigenvalue weighted by Crippen LogP contribution is 2.37. The van der Waals surface area contributed by atoms with Crippen LogP contribution in [0.3, 0.4) is 0 Å². The van der Waals surface area contributed by atoms with E-state index in [0.717, 1.165) is 12.0 Å². The number of ether oxygens (including phenoxy) is 1.